The molecule has 4 N–H and O–H groups in total. The number of nitrogens with two attached hydrogens (primary N) is 1. The molecule has 0 aliphatic rings. The summed E-state index contributed by atoms with van der Waals surface area (Å²) in [5, 5.41) is 8.99. The number of nitrogen functional groups attached to an aromatic ring is 1. The minimum absolute atomic E-state index is 0.0577. The van der Waals surface area contributed by atoms with Gasteiger partial charge in [-0.2, -0.15) is 4.98 Å². The molecule has 0 aliphatic heterocycles. The number of hydrogen-bond donors (Lipinski definition) is 3. The van der Waals surface area contributed by atoms with Crippen LogP contribution >= 0.6 is 0 Å². The Labute approximate surface area is 124 Å². The Morgan fingerprint density at radius 3 is 2.38 bits per heavy atom. The minimum atomic E-state index is -0.327. The number of carbonyl (C=O) groups excluding carboxylic acids is 1. The Hall–Kier alpha value is -2.37. The number of benzene rings is 1. The van der Waals surface area contributed by atoms with Gasteiger partial charge in [0.25, 0.3) is 5.91 Å². The summed E-state index contributed by atoms with van der Waals surface area (Å²) in [7, 11) is 0. The predicted molar refractivity (Wildman–Crippen MR) is 81.8 cm³/mol. The Bertz CT molecular complexity index is 624. The van der Waals surface area contributed by atoms with Crippen LogP contribution in [0.3, 0.4) is 0 Å². The number of anilines is 1. The fourth-order valence-corrected chi connectivity index (χ4v) is 2.00. The fourth-order valence-electron chi connectivity index (χ4n) is 2.00. The Balaban J connectivity index is 2.06. The molecule has 1 aromatic carbocycles. The lowest BCUT2D eigenvalue weighted by Gasteiger charge is -2.20. The van der Waals surface area contributed by atoms with Gasteiger partial charge in [0.2, 0.25) is 11.8 Å². The molecule has 0 saturated heterocycles. The highest BCUT2D eigenvalue weighted by Gasteiger charge is 2.16. The zero-order valence-corrected chi connectivity index (χ0v) is 12.8. The largest absolute Gasteiger partial charge is 0.366 e. The van der Waals surface area contributed by atoms with Gasteiger partial charge in [0.05, 0.1) is 6.04 Å². The van der Waals surface area contributed by atoms with Gasteiger partial charge in [-0.1, -0.05) is 45.0 Å². The molecular formula is C15H21N5O. The van der Waals surface area contributed by atoms with Crippen molar-refractivity contribution in [2.75, 3.05) is 5.73 Å². The SMILES string of the molecule is CC(NC(=O)c1nc(N)n[nH]1)c1ccc(C(C)(C)C)cc1. The molecule has 1 amide bonds. The molecule has 21 heavy (non-hydrogen) atoms. The van der Waals surface area contributed by atoms with Crippen LogP contribution in [0.25, 0.3) is 0 Å². The van der Waals surface area contributed by atoms with Crippen molar-refractivity contribution in [3.63, 3.8) is 0 Å². The zero-order valence-electron chi connectivity index (χ0n) is 12.8. The maximum absolute atomic E-state index is 12.0. The van der Waals surface area contributed by atoms with Gasteiger partial charge < -0.3 is 11.1 Å². The summed E-state index contributed by atoms with van der Waals surface area (Å²) in [5.74, 6) is -0.153. The first-order valence-electron chi connectivity index (χ1n) is 6.86. The molecule has 0 spiro atoms. The van der Waals surface area contributed by atoms with Crippen molar-refractivity contribution in [1.82, 2.24) is 20.5 Å². The smallest absolute Gasteiger partial charge is 0.289 e. The predicted octanol–water partition coefficient (Wildman–Crippen LogP) is 2.18. The Morgan fingerprint density at radius 1 is 1.29 bits per heavy atom. The molecule has 1 unspecified atom stereocenters. The van der Waals surface area contributed by atoms with E-state index in [4.69, 9.17) is 5.73 Å². The fraction of sp³-hybridized carbons (Fsp3) is 0.400. The highest BCUT2D eigenvalue weighted by atomic mass is 16.2. The molecule has 0 saturated carbocycles. The number of rotatable bonds is 3. The summed E-state index contributed by atoms with van der Waals surface area (Å²) in [5.41, 5.74) is 7.78. The summed E-state index contributed by atoms with van der Waals surface area (Å²) in [6.45, 7) is 8.42. The van der Waals surface area contributed by atoms with Crippen LogP contribution in [-0.4, -0.2) is 21.1 Å². The van der Waals surface area contributed by atoms with Crippen LogP contribution in [0.5, 0.6) is 0 Å². The monoisotopic (exact) mass is 287 g/mol. The van der Waals surface area contributed by atoms with Crippen LogP contribution in [-0.2, 0) is 5.41 Å². The van der Waals surface area contributed by atoms with Gasteiger partial charge in [-0.25, -0.2) is 0 Å². The van der Waals surface area contributed by atoms with Gasteiger partial charge in [0, 0.05) is 0 Å². The average Bonchev–Trinajstić information content (AvgIpc) is 2.84. The number of aromatic amines is 1. The van der Waals surface area contributed by atoms with Crippen molar-refractivity contribution in [1.29, 1.82) is 0 Å². The second-order valence-corrected chi connectivity index (χ2v) is 6.11. The van der Waals surface area contributed by atoms with Crippen molar-refractivity contribution in [3.05, 3.63) is 41.2 Å². The van der Waals surface area contributed by atoms with E-state index in [1.54, 1.807) is 0 Å². The van der Waals surface area contributed by atoms with E-state index in [1.807, 2.05) is 19.1 Å². The topological polar surface area (TPSA) is 96.7 Å². The van der Waals surface area contributed by atoms with Crippen molar-refractivity contribution in [3.8, 4) is 0 Å². The number of amides is 1. The van der Waals surface area contributed by atoms with Gasteiger partial charge in [-0.3, -0.25) is 9.89 Å². The van der Waals surface area contributed by atoms with Gasteiger partial charge in [0.1, 0.15) is 0 Å². The van der Waals surface area contributed by atoms with E-state index in [0.29, 0.717) is 0 Å². The molecule has 0 aliphatic carbocycles. The van der Waals surface area contributed by atoms with Gasteiger partial charge in [0.15, 0.2) is 0 Å². The summed E-state index contributed by atoms with van der Waals surface area (Å²) < 4.78 is 0. The van der Waals surface area contributed by atoms with E-state index in [9.17, 15) is 4.79 Å². The lowest BCUT2D eigenvalue weighted by molar-refractivity contribution is 0.0930. The van der Waals surface area contributed by atoms with E-state index < -0.39 is 0 Å². The number of hydrogen-bond acceptors (Lipinski definition) is 4. The lowest BCUT2D eigenvalue weighted by atomic mass is 9.86. The molecule has 6 heteroatoms. The van der Waals surface area contributed by atoms with E-state index in [1.165, 1.54) is 5.56 Å². The number of H-pyrrole nitrogens is 1. The third kappa shape index (κ3) is 3.59. The molecule has 6 nitrogen and oxygen atoms in total. The second-order valence-electron chi connectivity index (χ2n) is 6.11. The first kappa shape index (κ1) is 15.0. The maximum atomic E-state index is 12.0. The van der Waals surface area contributed by atoms with Crippen LogP contribution in [0.4, 0.5) is 5.95 Å². The number of aromatic nitrogens is 3. The van der Waals surface area contributed by atoms with Crippen LogP contribution in [0.15, 0.2) is 24.3 Å². The van der Waals surface area contributed by atoms with E-state index in [-0.39, 0.29) is 29.1 Å². The number of nitrogens with zero attached hydrogens (tertiary/aromatic N) is 2. The number of carbonyl (C=O) groups is 1. The lowest BCUT2D eigenvalue weighted by Crippen LogP contribution is -2.27. The summed E-state index contributed by atoms with van der Waals surface area (Å²) in [6.07, 6.45) is 0. The van der Waals surface area contributed by atoms with Gasteiger partial charge in [-0.15, -0.1) is 5.10 Å². The summed E-state index contributed by atoms with van der Waals surface area (Å²) >= 11 is 0. The van der Waals surface area contributed by atoms with Crippen LogP contribution in [0.2, 0.25) is 0 Å². The van der Waals surface area contributed by atoms with Crippen molar-refractivity contribution in [2.45, 2.75) is 39.2 Å². The third-order valence-corrected chi connectivity index (χ3v) is 3.34. The highest BCUT2D eigenvalue weighted by molar-refractivity contribution is 5.90. The second kappa shape index (κ2) is 5.55. The molecular weight excluding hydrogens is 266 g/mol. The summed E-state index contributed by atoms with van der Waals surface area (Å²) in [4.78, 5) is 15.8. The van der Waals surface area contributed by atoms with Crippen molar-refractivity contribution < 1.29 is 4.79 Å². The highest BCUT2D eigenvalue weighted by Crippen LogP contribution is 2.23. The first-order valence-corrected chi connectivity index (χ1v) is 6.86. The minimum Gasteiger partial charge on any atom is -0.366 e. The van der Waals surface area contributed by atoms with Crippen molar-refractivity contribution in [2.24, 2.45) is 0 Å². The molecule has 2 aromatic rings. The molecule has 2 rings (SSSR count). The first-order chi connectivity index (χ1) is 9.77. The molecule has 1 atom stereocenters. The molecule has 0 radical (unpaired) electrons. The Morgan fingerprint density at radius 2 is 1.90 bits per heavy atom. The van der Waals surface area contributed by atoms with Gasteiger partial charge >= 0.3 is 0 Å². The average molecular weight is 287 g/mol. The van der Waals surface area contributed by atoms with Gasteiger partial charge in [-0.05, 0) is 23.5 Å². The van der Waals surface area contributed by atoms with Crippen LogP contribution in [0, 0.1) is 0 Å². The standard InChI is InChI=1S/C15H21N5O/c1-9(17-13(21)12-18-14(16)20-19-12)10-5-7-11(8-6-10)15(2,3)4/h5-9H,1-4H3,(H,17,21)(H3,16,18,19,20). The maximum Gasteiger partial charge on any atom is 0.289 e. The molecule has 0 fully saturated rings. The van der Waals surface area contributed by atoms with E-state index >= 15 is 0 Å². The molecule has 1 heterocycles. The van der Waals surface area contributed by atoms with Crippen LogP contribution in [0.1, 0.15) is 55.5 Å². The molecule has 1 aromatic heterocycles. The summed E-state index contributed by atoms with van der Waals surface area (Å²) in [6, 6.07) is 8.10. The Kier molecular flexibility index (Phi) is 3.97. The van der Waals surface area contributed by atoms with Crippen molar-refractivity contribution >= 4 is 11.9 Å². The zero-order chi connectivity index (χ0) is 15.6. The third-order valence-electron chi connectivity index (χ3n) is 3.34. The number of nitrogens with one attached hydrogen (secondary N) is 2. The van der Waals surface area contributed by atoms with E-state index in [0.717, 1.165) is 5.56 Å². The van der Waals surface area contributed by atoms with Crippen LogP contribution < -0.4 is 11.1 Å². The molecule has 112 valence electrons. The van der Waals surface area contributed by atoms with E-state index in [2.05, 4.69) is 53.4 Å². The quantitative estimate of drug-likeness (QED) is 0.806. The normalized spacial score (nSPS) is 13.0. The molecule has 0 bridgehead atoms.